The van der Waals surface area contributed by atoms with Crippen LogP contribution in [0.5, 0.6) is 0 Å². The minimum absolute atomic E-state index is 0.431. The van der Waals surface area contributed by atoms with E-state index in [0.29, 0.717) is 6.54 Å². The largest absolute Gasteiger partial charge is 0.235 e. The van der Waals surface area contributed by atoms with Crippen molar-refractivity contribution >= 4 is 6.08 Å². The van der Waals surface area contributed by atoms with E-state index in [4.69, 9.17) is 0 Å². The second kappa shape index (κ2) is 4.28. The average molecular weight is 111 g/mol. The van der Waals surface area contributed by atoms with Crippen molar-refractivity contribution in [1.82, 2.24) is 0 Å². The first-order valence-electron chi connectivity index (χ1n) is 2.51. The quantitative estimate of drug-likeness (QED) is 0.306. The number of aliphatic imine (C=N–C) groups is 1. The molecule has 0 aliphatic rings. The second-order valence-electron chi connectivity index (χ2n) is 1.51. The summed E-state index contributed by atoms with van der Waals surface area (Å²) in [6, 6.07) is 0. The van der Waals surface area contributed by atoms with E-state index in [2.05, 4.69) is 11.6 Å². The molecule has 8 heavy (non-hydrogen) atoms. The molecule has 44 valence electrons. The van der Waals surface area contributed by atoms with Crippen LogP contribution in [0.3, 0.4) is 0 Å². The molecule has 0 radical (unpaired) electrons. The Hall–Kier alpha value is -0.880. The molecule has 0 aromatic carbocycles. The number of isocyanates is 1. The third-order valence-corrected chi connectivity index (χ3v) is 0.867. The van der Waals surface area contributed by atoms with Gasteiger partial charge in [-0.15, -0.1) is 0 Å². The van der Waals surface area contributed by atoms with Gasteiger partial charge in [-0.2, -0.15) is 0 Å². The van der Waals surface area contributed by atoms with E-state index in [9.17, 15) is 4.79 Å². The molecular formula is C6H9NO. The normalized spacial score (nSPS) is 7.62. The Morgan fingerprint density at radius 3 is 2.88 bits per heavy atom. The predicted octanol–water partition coefficient (Wildman–Crippen LogP) is 1.29. The minimum atomic E-state index is 0.431. The van der Waals surface area contributed by atoms with Crippen LogP contribution in [-0.4, -0.2) is 12.6 Å². The van der Waals surface area contributed by atoms with Crippen LogP contribution in [0.1, 0.15) is 13.3 Å². The van der Waals surface area contributed by atoms with Gasteiger partial charge in [-0.05, 0) is 6.42 Å². The van der Waals surface area contributed by atoms with Crippen LogP contribution in [0.25, 0.3) is 0 Å². The molecule has 0 saturated heterocycles. The molecular weight excluding hydrogens is 102 g/mol. The maximum atomic E-state index is 9.49. The lowest BCUT2D eigenvalue weighted by Gasteiger charge is -1.89. The molecule has 0 aliphatic carbocycles. The summed E-state index contributed by atoms with van der Waals surface area (Å²) < 4.78 is 0. The highest BCUT2D eigenvalue weighted by molar-refractivity contribution is 5.33. The highest BCUT2D eigenvalue weighted by Crippen LogP contribution is 1.94. The monoisotopic (exact) mass is 111 g/mol. The molecule has 2 heteroatoms. The molecule has 0 amide bonds. The Morgan fingerprint density at radius 2 is 2.50 bits per heavy atom. The molecule has 0 bridgehead atoms. The zero-order chi connectivity index (χ0) is 6.41. The molecule has 2 nitrogen and oxygen atoms in total. The summed E-state index contributed by atoms with van der Waals surface area (Å²) in [5.41, 5.74) is 0.966. The third kappa shape index (κ3) is 3.32. The van der Waals surface area contributed by atoms with Crippen LogP contribution < -0.4 is 0 Å². The van der Waals surface area contributed by atoms with E-state index >= 15 is 0 Å². The Kier molecular flexibility index (Phi) is 3.81. The molecule has 0 aromatic rings. The summed E-state index contributed by atoms with van der Waals surface area (Å²) in [4.78, 5) is 12.8. The Labute approximate surface area is 48.9 Å². The zero-order valence-electron chi connectivity index (χ0n) is 4.98. The highest BCUT2D eigenvalue weighted by Gasteiger charge is 1.83. The van der Waals surface area contributed by atoms with Gasteiger partial charge in [0, 0.05) is 0 Å². The molecule has 0 N–H and O–H groups in total. The molecule has 0 aromatic heterocycles. The van der Waals surface area contributed by atoms with Crippen LogP contribution in [0, 0.1) is 0 Å². The minimum Gasteiger partial charge on any atom is -0.211 e. The van der Waals surface area contributed by atoms with Crippen LogP contribution in [0.4, 0.5) is 0 Å². The van der Waals surface area contributed by atoms with E-state index in [1.54, 1.807) is 0 Å². The molecule has 0 fully saturated rings. The van der Waals surface area contributed by atoms with Crippen molar-refractivity contribution in [3.63, 3.8) is 0 Å². The van der Waals surface area contributed by atoms with Gasteiger partial charge in [0.25, 0.3) is 0 Å². The summed E-state index contributed by atoms with van der Waals surface area (Å²) in [6.07, 6.45) is 2.33. The molecule has 0 unspecified atom stereocenters. The Morgan fingerprint density at radius 1 is 1.88 bits per heavy atom. The van der Waals surface area contributed by atoms with Gasteiger partial charge in [0.15, 0.2) is 0 Å². The van der Waals surface area contributed by atoms with E-state index < -0.39 is 0 Å². The van der Waals surface area contributed by atoms with Gasteiger partial charge in [-0.1, -0.05) is 19.1 Å². The van der Waals surface area contributed by atoms with Crippen molar-refractivity contribution in [1.29, 1.82) is 0 Å². The number of hydrogen-bond donors (Lipinski definition) is 0. The van der Waals surface area contributed by atoms with Gasteiger partial charge >= 0.3 is 0 Å². The lowest BCUT2D eigenvalue weighted by Crippen LogP contribution is -1.81. The van der Waals surface area contributed by atoms with Crippen molar-refractivity contribution in [2.24, 2.45) is 4.99 Å². The number of hydrogen-bond acceptors (Lipinski definition) is 2. The lowest BCUT2D eigenvalue weighted by atomic mass is 10.2. The average Bonchev–Trinajstić information content (AvgIpc) is 1.83. The summed E-state index contributed by atoms with van der Waals surface area (Å²) in [5, 5.41) is 0. The summed E-state index contributed by atoms with van der Waals surface area (Å²) >= 11 is 0. The van der Waals surface area contributed by atoms with Gasteiger partial charge < -0.3 is 0 Å². The highest BCUT2D eigenvalue weighted by atomic mass is 16.1. The van der Waals surface area contributed by atoms with Crippen molar-refractivity contribution in [2.45, 2.75) is 13.3 Å². The Balaban J connectivity index is 3.39. The van der Waals surface area contributed by atoms with Crippen molar-refractivity contribution in [3.05, 3.63) is 12.2 Å². The molecule has 0 atom stereocenters. The van der Waals surface area contributed by atoms with Crippen molar-refractivity contribution in [3.8, 4) is 0 Å². The fourth-order valence-electron chi connectivity index (χ4n) is 0.256. The van der Waals surface area contributed by atoms with E-state index in [1.807, 2.05) is 6.92 Å². The molecule has 0 aliphatic heterocycles. The zero-order valence-corrected chi connectivity index (χ0v) is 4.98. The summed E-state index contributed by atoms with van der Waals surface area (Å²) in [5.74, 6) is 0. The van der Waals surface area contributed by atoms with Crippen molar-refractivity contribution in [2.75, 3.05) is 6.54 Å². The first kappa shape index (κ1) is 7.12. The first-order chi connectivity index (χ1) is 3.81. The van der Waals surface area contributed by atoms with Gasteiger partial charge in [0.2, 0.25) is 6.08 Å². The van der Waals surface area contributed by atoms with Crippen LogP contribution in [0.15, 0.2) is 17.1 Å². The maximum Gasteiger partial charge on any atom is 0.235 e. The topological polar surface area (TPSA) is 29.4 Å². The smallest absolute Gasteiger partial charge is 0.211 e. The Bertz CT molecular complexity index is 122. The molecule has 0 spiro atoms. The summed E-state index contributed by atoms with van der Waals surface area (Å²) in [6.45, 7) is 6.04. The predicted molar refractivity (Wildman–Crippen MR) is 32.4 cm³/mol. The fourth-order valence-corrected chi connectivity index (χ4v) is 0.256. The SMILES string of the molecule is C=C(CC)CN=C=O. The number of nitrogens with zero attached hydrogens (tertiary/aromatic N) is 1. The lowest BCUT2D eigenvalue weighted by molar-refractivity contribution is 0.563. The maximum absolute atomic E-state index is 9.49. The van der Waals surface area contributed by atoms with Crippen LogP contribution in [-0.2, 0) is 4.79 Å². The van der Waals surface area contributed by atoms with E-state index in [1.165, 1.54) is 6.08 Å². The fraction of sp³-hybridized carbons (Fsp3) is 0.500. The van der Waals surface area contributed by atoms with Gasteiger partial charge in [0.1, 0.15) is 0 Å². The van der Waals surface area contributed by atoms with E-state index in [0.717, 1.165) is 12.0 Å². The van der Waals surface area contributed by atoms with Crippen LogP contribution >= 0.6 is 0 Å². The van der Waals surface area contributed by atoms with Gasteiger partial charge in [-0.25, -0.2) is 9.79 Å². The van der Waals surface area contributed by atoms with Gasteiger partial charge in [0.05, 0.1) is 6.54 Å². The third-order valence-electron chi connectivity index (χ3n) is 0.867. The number of carbonyl (C=O) groups excluding carboxylic acids is 1. The molecule has 0 saturated carbocycles. The second-order valence-corrected chi connectivity index (χ2v) is 1.51. The first-order valence-corrected chi connectivity index (χ1v) is 2.51. The summed E-state index contributed by atoms with van der Waals surface area (Å²) in [7, 11) is 0. The standard InChI is InChI=1S/C6H9NO/c1-3-6(2)4-7-5-8/h2-4H2,1H3. The van der Waals surface area contributed by atoms with Gasteiger partial charge in [-0.3, -0.25) is 0 Å². The molecule has 0 rings (SSSR count). The van der Waals surface area contributed by atoms with E-state index in [-0.39, 0.29) is 0 Å². The number of rotatable bonds is 3. The van der Waals surface area contributed by atoms with Crippen LogP contribution in [0.2, 0.25) is 0 Å². The van der Waals surface area contributed by atoms with Crippen molar-refractivity contribution < 1.29 is 4.79 Å². The molecule has 0 heterocycles.